The first kappa shape index (κ1) is 12.7. The molecule has 1 fully saturated rings. The van der Waals surface area contributed by atoms with Crippen molar-refractivity contribution >= 4 is 17.3 Å². The highest BCUT2D eigenvalue weighted by atomic mass is 16.5. The van der Waals surface area contributed by atoms with Crippen LogP contribution in [0.1, 0.15) is 37.0 Å². The molecule has 0 spiro atoms. The monoisotopic (exact) mass is 248 g/mol. The summed E-state index contributed by atoms with van der Waals surface area (Å²) in [5, 5.41) is 0. The average Bonchev–Trinajstić information content (AvgIpc) is 2.81. The zero-order valence-electron chi connectivity index (χ0n) is 11.0. The number of nitrogens with two attached hydrogens (primary N) is 1. The summed E-state index contributed by atoms with van der Waals surface area (Å²) in [5.74, 6) is -0.292. The van der Waals surface area contributed by atoms with Gasteiger partial charge < -0.3 is 15.4 Å². The molecule has 98 valence electrons. The van der Waals surface area contributed by atoms with Crippen LogP contribution in [0.2, 0.25) is 0 Å². The number of nitrogen functional groups attached to an aromatic ring is 1. The van der Waals surface area contributed by atoms with E-state index in [1.54, 1.807) is 6.07 Å². The van der Waals surface area contributed by atoms with Gasteiger partial charge in [0.15, 0.2) is 0 Å². The fourth-order valence-corrected chi connectivity index (χ4v) is 2.23. The van der Waals surface area contributed by atoms with Crippen molar-refractivity contribution in [1.82, 2.24) is 0 Å². The fourth-order valence-electron chi connectivity index (χ4n) is 2.23. The third-order valence-corrected chi connectivity index (χ3v) is 3.03. The molecule has 0 unspecified atom stereocenters. The van der Waals surface area contributed by atoms with E-state index in [1.165, 1.54) is 12.8 Å². The Bertz CT molecular complexity index is 437. The normalized spacial score (nSPS) is 15.2. The number of esters is 1. The molecule has 0 saturated carbocycles. The lowest BCUT2D eigenvalue weighted by atomic mass is 10.1. The van der Waals surface area contributed by atoms with Crippen LogP contribution in [-0.4, -0.2) is 25.2 Å². The van der Waals surface area contributed by atoms with Crippen LogP contribution >= 0.6 is 0 Å². The first-order valence-corrected chi connectivity index (χ1v) is 6.43. The lowest BCUT2D eigenvalue weighted by Gasteiger charge is -2.21. The molecule has 0 atom stereocenters. The molecule has 4 nitrogen and oxygen atoms in total. The smallest absolute Gasteiger partial charge is 0.340 e. The van der Waals surface area contributed by atoms with Crippen LogP contribution in [0.4, 0.5) is 11.4 Å². The highest BCUT2D eigenvalue weighted by Crippen LogP contribution is 2.27. The maximum atomic E-state index is 12.1. The van der Waals surface area contributed by atoms with Gasteiger partial charge in [0.25, 0.3) is 0 Å². The van der Waals surface area contributed by atoms with E-state index >= 15 is 0 Å². The number of carbonyl (C=O) groups is 1. The molecule has 0 radical (unpaired) electrons. The van der Waals surface area contributed by atoms with Crippen LogP contribution in [0.3, 0.4) is 0 Å². The van der Waals surface area contributed by atoms with Crippen molar-refractivity contribution in [2.75, 3.05) is 23.7 Å². The van der Waals surface area contributed by atoms with E-state index in [-0.39, 0.29) is 12.1 Å². The van der Waals surface area contributed by atoms with Crippen LogP contribution in [0.15, 0.2) is 18.2 Å². The minimum Gasteiger partial charge on any atom is -0.459 e. The minimum atomic E-state index is -0.292. The molecule has 1 aromatic rings. The number of hydrogen-bond donors (Lipinski definition) is 1. The highest BCUT2D eigenvalue weighted by Gasteiger charge is 2.21. The van der Waals surface area contributed by atoms with Gasteiger partial charge in [0.2, 0.25) is 0 Å². The molecule has 2 rings (SSSR count). The molecule has 1 aliphatic heterocycles. The topological polar surface area (TPSA) is 55.6 Å². The van der Waals surface area contributed by atoms with Gasteiger partial charge in [0.1, 0.15) is 0 Å². The molecule has 1 aliphatic rings. The number of benzene rings is 1. The summed E-state index contributed by atoms with van der Waals surface area (Å²) >= 11 is 0. The molecule has 0 bridgehead atoms. The van der Waals surface area contributed by atoms with Crippen molar-refractivity contribution in [1.29, 1.82) is 0 Å². The van der Waals surface area contributed by atoms with Crippen molar-refractivity contribution < 1.29 is 9.53 Å². The Morgan fingerprint density at radius 3 is 2.61 bits per heavy atom. The third-order valence-electron chi connectivity index (χ3n) is 3.03. The van der Waals surface area contributed by atoms with E-state index in [4.69, 9.17) is 10.5 Å². The van der Waals surface area contributed by atoms with E-state index in [0.717, 1.165) is 18.8 Å². The zero-order valence-corrected chi connectivity index (χ0v) is 11.0. The molecular formula is C14H20N2O2. The van der Waals surface area contributed by atoms with Gasteiger partial charge >= 0.3 is 5.97 Å². The molecule has 0 amide bonds. The summed E-state index contributed by atoms with van der Waals surface area (Å²) in [6.45, 7) is 5.68. The van der Waals surface area contributed by atoms with Crippen molar-refractivity contribution in [3.8, 4) is 0 Å². The van der Waals surface area contributed by atoms with Crippen LogP contribution in [0.5, 0.6) is 0 Å². The maximum Gasteiger partial charge on any atom is 0.340 e. The van der Waals surface area contributed by atoms with Gasteiger partial charge in [-0.1, -0.05) is 0 Å². The SMILES string of the molecule is CC(C)OC(=O)c1cc(N)ccc1N1CCCC1. The number of rotatable bonds is 3. The largest absolute Gasteiger partial charge is 0.459 e. The van der Waals surface area contributed by atoms with E-state index in [2.05, 4.69) is 4.90 Å². The molecule has 0 aromatic heterocycles. The highest BCUT2D eigenvalue weighted by molar-refractivity contribution is 5.97. The lowest BCUT2D eigenvalue weighted by molar-refractivity contribution is 0.0379. The Labute approximate surface area is 108 Å². The van der Waals surface area contributed by atoms with Crippen LogP contribution in [0.25, 0.3) is 0 Å². The van der Waals surface area contributed by atoms with Crippen molar-refractivity contribution in [3.05, 3.63) is 23.8 Å². The Morgan fingerprint density at radius 2 is 2.00 bits per heavy atom. The van der Waals surface area contributed by atoms with Gasteiger partial charge in [-0.05, 0) is 44.9 Å². The third kappa shape index (κ3) is 2.75. The second kappa shape index (κ2) is 5.29. The number of ether oxygens (including phenoxy) is 1. The second-order valence-electron chi connectivity index (χ2n) is 4.92. The van der Waals surface area contributed by atoms with Gasteiger partial charge in [-0.25, -0.2) is 4.79 Å². The van der Waals surface area contributed by atoms with Gasteiger partial charge in [0, 0.05) is 18.8 Å². The maximum absolute atomic E-state index is 12.1. The Morgan fingerprint density at radius 1 is 1.33 bits per heavy atom. The quantitative estimate of drug-likeness (QED) is 0.659. The van der Waals surface area contributed by atoms with Crippen molar-refractivity contribution in [2.45, 2.75) is 32.8 Å². The summed E-state index contributed by atoms with van der Waals surface area (Å²) in [4.78, 5) is 14.3. The molecule has 0 aliphatic carbocycles. The predicted octanol–water partition coefficient (Wildman–Crippen LogP) is 2.43. The van der Waals surface area contributed by atoms with E-state index in [1.807, 2.05) is 26.0 Å². The predicted molar refractivity (Wildman–Crippen MR) is 72.9 cm³/mol. The summed E-state index contributed by atoms with van der Waals surface area (Å²) < 4.78 is 5.27. The summed E-state index contributed by atoms with van der Waals surface area (Å²) in [6, 6.07) is 5.45. The number of anilines is 2. The zero-order chi connectivity index (χ0) is 13.1. The van der Waals surface area contributed by atoms with E-state index in [0.29, 0.717) is 11.3 Å². The molecule has 1 aromatic carbocycles. The van der Waals surface area contributed by atoms with E-state index < -0.39 is 0 Å². The van der Waals surface area contributed by atoms with Crippen molar-refractivity contribution in [2.24, 2.45) is 0 Å². The Balaban J connectivity index is 2.31. The van der Waals surface area contributed by atoms with Gasteiger partial charge in [-0.15, -0.1) is 0 Å². The molecule has 4 heteroatoms. The fraction of sp³-hybridized carbons (Fsp3) is 0.500. The van der Waals surface area contributed by atoms with Crippen LogP contribution < -0.4 is 10.6 Å². The van der Waals surface area contributed by atoms with Crippen LogP contribution in [-0.2, 0) is 4.74 Å². The number of nitrogens with zero attached hydrogens (tertiary/aromatic N) is 1. The summed E-state index contributed by atoms with van der Waals surface area (Å²) in [6.07, 6.45) is 2.22. The van der Waals surface area contributed by atoms with Crippen molar-refractivity contribution in [3.63, 3.8) is 0 Å². The lowest BCUT2D eigenvalue weighted by Crippen LogP contribution is -2.22. The summed E-state index contributed by atoms with van der Waals surface area (Å²) in [5.41, 5.74) is 7.87. The first-order chi connectivity index (χ1) is 8.58. The van der Waals surface area contributed by atoms with Crippen LogP contribution in [0, 0.1) is 0 Å². The standard InChI is InChI=1S/C14H20N2O2/c1-10(2)18-14(17)12-9-11(15)5-6-13(12)16-7-3-4-8-16/h5-6,9-10H,3-4,7-8,15H2,1-2H3. The Kier molecular flexibility index (Phi) is 3.75. The number of hydrogen-bond acceptors (Lipinski definition) is 4. The molecule has 18 heavy (non-hydrogen) atoms. The van der Waals surface area contributed by atoms with E-state index in [9.17, 15) is 4.79 Å². The van der Waals surface area contributed by atoms with Gasteiger partial charge in [-0.2, -0.15) is 0 Å². The van der Waals surface area contributed by atoms with Gasteiger partial charge in [-0.3, -0.25) is 0 Å². The molecule has 1 saturated heterocycles. The Hall–Kier alpha value is -1.71. The minimum absolute atomic E-state index is 0.120. The summed E-state index contributed by atoms with van der Waals surface area (Å²) in [7, 11) is 0. The molecular weight excluding hydrogens is 228 g/mol. The first-order valence-electron chi connectivity index (χ1n) is 6.43. The van der Waals surface area contributed by atoms with Gasteiger partial charge in [0.05, 0.1) is 17.4 Å². The molecule has 2 N–H and O–H groups in total. The molecule has 1 heterocycles. The second-order valence-corrected chi connectivity index (χ2v) is 4.92. The average molecular weight is 248 g/mol. The number of carbonyl (C=O) groups excluding carboxylic acids is 1.